The standard InChI is InChI=1S/C22H20FNO2/c1-14-5-2-3-6-18(14)24-19-7-4-8-20(25)22(19)17(13-21(24)26)15-9-11-16(23)12-10-15/h2-3,5-6,9-12,17H,4,7-8,13H2,1H3. The Morgan fingerprint density at radius 2 is 1.73 bits per heavy atom. The maximum absolute atomic E-state index is 13.3. The number of halogens is 1. The molecule has 1 aliphatic heterocycles. The lowest BCUT2D eigenvalue weighted by atomic mass is 9.77. The summed E-state index contributed by atoms with van der Waals surface area (Å²) < 4.78 is 13.3. The van der Waals surface area contributed by atoms with Gasteiger partial charge in [0.1, 0.15) is 5.82 Å². The third-order valence-corrected chi connectivity index (χ3v) is 5.30. The van der Waals surface area contributed by atoms with Gasteiger partial charge >= 0.3 is 0 Å². The van der Waals surface area contributed by atoms with Gasteiger partial charge in [-0.3, -0.25) is 14.5 Å². The second-order valence-corrected chi connectivity index (χ2v) is 6.96. The van der Waals surface area contributed by atoms with Gasteiger partial charge in [-0.15, -0.1) is 0 Å². The summed E-state index contributed by atoms with van der Waals surface area (Å²) in [6, 6.07) is 13.9. The molecule has 1 amide bonds. The minimum atomic E-state index is -0.318. The summed E-state index contributed by atoms with van der Waals surface area (Å²) in [6.45, 7) is 1.97. The van der Waals surface area contributed by atoms with E-state index in [-0.39, 0.29) is 29.8 Å². The molecule has 0 radical (unpaired) electrons. The van der Waals surface area contributed by atoms with Gasteiger partial charge in [0.15, 0.2) is 5.78 Å². The summed E-state index contributed by atoms with van der Waals surface area (Å²) in [6.07, 6.45) is 2.19. The first kappa shape index (κ1) is 16.7. The van der Waals surface area contributed by atoms with E-state index in [1.54, 1.807) is 17.0 Å². The minimum absolute atomic E-state index is 0.0120. The topological polar surface area (TPSA) is 37.4 Å². The van der Waals surface area contributed by atoms with Crippen LogP contribution in [0.3, 0.4) is 0 Å². The van der Waals surface area contributed by atoms with Crippen LogP contribution < -0.4 is 4.90 Å². The van der Waals surface area contributed by atoms with E-state index >= 15 is 0 Å². The molecule has 0 saturated heterocycles. The van der Waals surface area contributed by atoms with Crippen LogP contribution in [-0.2, 0) is 9.59 Å². The Morgan fingerprint density at radius 1 is 1.00 bits per heavy atom. The van der Waals surface area contributed by atoms with Crippen LogP contribution in [0, 0.1) is 12.7 Å². The molecule has 26 heavy (non-hydrogen) atoms. The van der Waals surface area contributed by atoms with E-state index in [1.165, 1.54) is 12.1 Å². The van der Waals surface area contributed by atoms with Crippen molar-refractivity contribution in [3.05, 3.63) is 76.7 Å². The molecule has 2 aliphatic rings. The highest BCUT2D eigenvalue weighted by Gasteiger charge is 2.39. The molecule has 1 atom stereocenters. The summed E-state index contributed by atoms with van der Waals surface area (Å²) in [5.41, 5.74) is 4.22. The second kappa shape index (κ2) is 6.52. The third-order valence-electron chi connectivity index (χ3n) is 5.30. The van der Waals surface area contributed by atoms with Crippen molar-refractivity contribution in [2.24, 2.45) is 0 Å². The van der Waals surface area contributed by atoms with E-state index in [9.17, 15) is 14.0 Å². The highest BCUT2D eigenvalue weighted by Crippen LogP contribution is 2.43. The molecule has 2 aromatic rings. The van der Waals surface area contributed by atoms with Crippen molar-refractivity contribution >= 4 is 17.4 Å². The Morgan fingerprint density at radius 3 is 2.46 bits per heavy atom. The molecule has 4 heteroatoms. The largest absolute Gasteiger partial charge is 0.294 e. The number of ketones is 1. The fraction of sp³-hybridized carbons (Fsp3) is 0.273. The van der Waals surface area contributed by atoms with Crippen LogP contribution in [0.2, 0.25) is 0 Å². The van der Waals surface area contributed by atoms with Gasteiger partial charge in [0.25, 0.3) is 0 Å². The van der Waals surface area contributed by atoms with Crippen LogP contribution in [0.4, 0.5) is 10.1 Å². The van der Waals surface area contributed by atoms with Crippen LogP contribution in [0.15, 0.2) is 59.8 Å². The Kier molecular flexibility index (Phi) is 4.19. The van der Waals surface area contributed by atoms with E-state index in [2.05, 4.69) is 0 Å². The average molecular weight is 349 g/mol. The number of hydrogen-bond donors (Lipinski definition) is 0. The maximum Gasteiger partial charge on any atom is 0.232 e. The first-order valence-electron chi connectivity index (χ1n) is 8.96. The van der Waals surface area contributed by atoms with Gasteiger partial charge in [0.05, 0.1) is 5.69 Å². The van der Waals surface area contributed by atoms with Crippen molar-refractivity contribution in [1.29, 1.82) is 0 Å². The van der Waals surface area contributed by atoms with Gasteiger partial charge in [-0.05, 0) is 49.1 Å². The van der Waals surface area contributed by atoms with Crippen molar-refractivity contribution in [3.8, 4) is 0 Å². The SMILES string of the molecule is Cc1ccccc1N1C(=O)CC(c2ccc(F)cc2)C2=C1CCCC2=O. The number of nitrogens with zero attached hydrogens (tertiary/aromatic N) is 1. The highest BCUT2D eigenvalue weighted by atomic mass is 19.1. The van der Waals surface area contributed by atoms with Gasteiger partial charge in [-0.2, -0.15) is 0 Å². The number of anilines is 1. The van der Waals surface area contributed by atoms with Crippen molar-refractivity contribution in [2.45, 2.75) is 38.5 Å². The zero-order valence-electron chi connectivity index (χ0n) is 14.7. The van der Waals surface area contributed by atoms with Crippen molar-refractivity contribution in [1.82, 2.24) is 0 Å². The number of para-hydroxylation sites is 1. The normalized spacial score (nSPS) is 20.4. The second-order valence-electron chi connectivity index (χ2n) is 6.96. The third kappa shape index (κ3) is 2.75. The number of carbonyl (C=O) groups is 2. The number of carbonyl (C=O) groups excluding carboxylic acids is 2. The van der Waals surface area contributed by atoms with Crippen LogP contribution in [0.5, 0.6) is 0 Å². The van der Waals surface area contributed by atoms with Crippen molar-refractivity contribution in [2.75, 3.05) is 4.90 Å². The number of allylic oxidation sites excluding steroid dienone is 2. The molecule has 0 saturated carbocycles. The van der Waals surface area contributed by atoms with E-state index < -0.39 is 0 Å². The summed E-state index contributed by atoms with van der Waals surface area (Å²) in [7, 11) is 0. The smallest absolute Gasteiger partial charge is 0.232 e. The summed E-state index contributed by atoms with van der Waals surface area (Å²) in [4.78, 5) is 27.6. The maximum atomic E-state index is 13.3. The van der Waals surface area contributed by atoms with Gasteiger partial charge in [0, 0.05) is 30.0 Å². The molecule has 0 aromatic heterocycles. The average Bonchev–Trinajstić information content (AvgIpc) is 2.63. The number of amides is 1. The Hall–Kier alpha value is -2.75. The van der Waals surface area contributed by atoms with Gasteiger partial charge in [0.2, 0.25) is 5.91 Å². The summed E-state index contributed by atoms with van der Waals surface area (Å²) in [5, 5.41) is 0. The number of benzene rings is 2. The van der Waals surface area contributed by atoms with Crippen LogP contribution in [0.25, 0.3) is 0 Å². The zero-order chi connectivity index (χ0) is 18.3. The lowest BCUT2D eigenvalue weighted by Gasteiger charge is -2.39. The predicted molar refractivity (Wildman–Crippen MR) is 98.3 cm³/mol. The molecule has 0 spiro atoms. The van der Waals surface area contributed by atoms with Crippen LogP contribution in [0.1, 0.15) is 42.7 Å². The predicted octanol–water partition coefficient (Wildman–Crippen LogP) is 4.66. The fourth-order valence-corrected chi connectivity index (χ4v) is 4.07. The molecule has 0 fully saturated rings. The van der Waals surface area contributed by atoms with Gasteiger partial charge < -0.3 is 0 Å². The highest BCUT2D eigenvalue weighted by molar-refractivity contribution is 6.07. The monoisotopic (exact) mass is 349 g/mol. The van der Waals surface area contributed by atoms with Gasteiger partial charge in [-0.25, -0.2) is 4.39 Å². The molecular formula is C22H20FNO2. The molecule has 3 nitrogen and oxygen atoms in total. The number of rotatable bonds is 2. The van der Waals surface area contributed by atoms with Gasteiger partial charge in [-0.1, -0.05) is 30.3 Å². The first-order chi connectivity index (χ1) is 12.6. The summed E-state index contributed by atoms with van der Waals surface area (Å²) >= 11 is 0. The number of hydrogen-bond acceptors (Lipinski definition) is 2. The lowest BCUT2D eigenvalue weighted by Crippen LogP contribution is -2.40. The Labute approximate surface area is 152 Å². The molecular weight excluding hydrogens is 329 g/mol. The molecule has 0 N–H and O–H groups in total. The quantitative estimate of drug-likeness (QED) is 0.791. The number of aryl methyl sites for hydroxylation is 1. The van der Waals surface area contributed by atoms with E-state index in [1.807, 2.05) is 31.2 Å². The summed E-state index contributed by atoms with van der Waals surface area (Å²) in [5.74, 6) is -0.513. The fourth-order valence-electron chi connectivity index (χ4n) is 4.07. The van der Waals surface area contributed by atoms with E-state index in [0.29, 0.717) is 12.8 Å². The Balaban J connectivity index is 1.87. The van der Waals surface area contributed by atoms with Crippen molar-refractivity contribution in [3.63, 3.8) is 0 Å². The zero-order valence-corrected chi connectivity index (χ0v) is 14.7. The molecule has 1 heterocycles. The molecule has 132 valence electrons. The first-order valence-corrected chi connectivity index (χ1v) is 8.96. The minimum Gasteiger partial charge on any atom is -0.294 e. The number of Topliss-reactive ketones (excluding diaryl/α,β-unsaturated/α-hetero) is 1. The molecule has 1 unspecified atom stereocenters. The van der Waals surface area contributed by atoms with E-state index in [0.717, 1.165) is 34.5 Å². The molecule has 4 rings (SSSR count). The van der Waals surface area contributed by atoms with Crippen LogP contribution >= 0.6 is 0 Å². The Bertz CT molecular complexity index is 914. The van der Waals surface area contributed by atoms with Crippen LogP contribution in [-0.4, -0.2) is 11.7 Å². The molecule has 2 aromatic carbocycles. The van der Waals surface area contributed by atoms with Crippen molar-refractivity contribution < 1.29 is 14.0 Å². The lowest BCUT2D eigenvalue weighted by molar-refractivity contribution is -0.119. The molecule has 1 aliphatic carbocycles. The molecule has 0 bridgehead atoms. The van der Waals surface area contributed by atoms with E-state index in [4.69, 9.17) is 0 Å².